The van der Waals surface area contributed by atoms with Gasteiger partial charge >= 0.3 is 0 Å². The maximum absolute atomic E-state index is 10.6. The Bertz CT molecular complexity index is 399. The van der Waals surface area contributed by atoms with Crippen molar-refractivity contribution in [3.05, 3.63) is 18.2 Å². The molecule has 0 radical (unpaired) electrons. The van der Waals surface area contributed by atoms with Crippen LogP contribution in [0.1, 0.15) is 0 Å². The number of thiol groups is 1. The molecule has 0 unspecified atom stereocenters. The van der Waals surface area contributed by atoms with E-state index in [4.69, 9.17) is 10.3 Å². The second-order valence-corrected chi connectivity index (χ2v) is 4.10. The molecule has 0 spiro atoms. The summed E-state index contributed by atoms with van der Waals surface area (Å²) in [6.45, 7) is 0. The molecule has 0 saturated heterocycles. The molecule has 0 fully saturated rings. The van der Waals surface area contributed by atoms with Crippen LogP contribution < -0.4 is 5.73 Å². The van der Waals surface area contributed by atoms with Gasteiger partial charge in [-0.15, -0.1) is 12.6 Å². The van der Waals surface area contributed by atoms with Gasteiger partial charge in [-0.05, 0) is 18.2 Å². The van der Waals surface area contributed by atoms with Crippen LogP contribution in [-0.2, 0) is 10.1 Å². The highest BCUT2D eigenvalue weighted by molar-refractivity contribution is 7.85. The summed E-state index contributed by atoms with van der Waals surface area (Å²) in [7, 11) is -4.16. The Morgan fingerprint density at radius 2 is 2.00 bits per heavy atom. The SMILES string of the molecule is Nc1cc(S(=O)(=O)O)ccc1S. The highest BCUT2D eigenvalue weighted by Gasteiger charge is 2.09. The van der Waals surface area contributed by atoms with Crippen LogP contribution in [0.4, 0.5) is 5.69 Å². The molecule has 0 amide bonds. The predicted molar refractivity (Wildman–Crippen MR) is 47.9 cm³/mol. The van der Waals surface area contributed by atoms with Crippen LogP contribution >= 0.6 is 12.6 Å². The third-order valence-corrected chi connectivity index (χ3v) is 2.55. The van der Waals surface area contributed by atoms with Crippen LogP contribution in [0, 0.1) is 0 Å². The van der Waals surface area contributed by atoms with Crippen molar-refractivity contribution in [1.82, 2.24) is 0 Å². The van der Waals surface area contributed by atoms with E-state index in [1.54, 1.807) is 0 Å². The van der Waals surface area contributed by atoms with Gasteiger partial charge in [-0.3, -0.25) is 4.55 Å². The van der Waals surface area contributed by atoms with E-state index in [1.165, 1.54) is 12.1 Å². The van der Waals surface area contributed by atoms with Gasteiger partial charge < -0.3 is 5.73 Å². The van der Waals surface area contributed by atoms with Crippen LogP contribution in [-0.4, -0.2) is 13.0 Å². The third-order valence-electron chi connectivity index (χ3n) is 1.30. The lowest BCUT2D eigenvalue weighted by Crippen LogP contribution is -1.99. The molecule has 0 aliphatic rings. The van der Waals surface area contributed by atoms with Crippen molar-refractivity contribution in [1.29, 1.82) is 0 Å². The van der Waals surface area contributed by atoms with Gasteiger partial charge in [0, 0.05) is 10.6 Å². The Kier molecular flexibility index (Phi) is 2.31. The molecular formula is C6H7NO3S2. The smallest absolute Gasteiger partial charge is 0.294 e. The monoisotopic (exact) mass is 205 g/mol. The van der Waals surface area contributed by atoms with Crippen molar-refractivity contribution in [2.45, 2.75) is 9.79 Å². The first-order chi connectivity index (χ1) is 5.41. The predicted octanol–water partition coefficient (Wildman–Crippen LogP) is 0.804. The fourth-order valence-electron chi connectivity index (χ4n) is 0.693. The number of hydrogen-bond donors (Lipinski definition) is 3. The first-order valence-corrected chi connectivity index (χ1v) is 4.86. The molecule has 3 N–H and O–H groups in total. The van der Waals surface area contributed by atoms with E-state index in [-0.39, 0.29) is 10.6 Å². The molecule has 66 valence electrons. The van der Waals surface area contributed by atoms with Crippen molar-refractivity contribution in [3.63, 3.8) is 0 Å². The maximum Gasteiger partial charge on any atom is 0.294 e. The van der Waals surface area contributed by atoms with Gasteiger partial charge in [0.2, 0.25) is 0 Å². The van der Waals surface area contributed by atoms with Gasteiger partial charge in [0.1, 0.15) is 0 Å². The zero-order valence-electron chi connectivity index (χ0n) is 5.93. The zero-order valence-corrected chi connectivity index (χ0v) is 7.64. The van der Waals surface area contributed by atoms with E-state index in [9.17, 15) is 8.42 Å². The molecule has 0 saturated carbocycles. The first-order valence-electron chi connectivity index (χ1n) is 2.97. The lowest BCUT2D eigenvalue weighted by Gasteiger charge is -2.00. The minimum atomic E-state index is -4.16. The van der Waals surface area contributed by atoms with E-state index >= 15 is 0 Å². The highest BCUT2D eigenvalue weighted by Crippen LogP contribution is 2.20. The van der Waals surface area contributed by atoms with Crippen LogP contribution in [0.5, 0.6) is 0 Å². The first kappa shape index (κ1) is 9.37. The largest absolute Gasteiger partial charge is 0.398 e. The summed E-state index contributed by atoms with van der Waals surface area (Å²) in [5.74, 6) is 0. The lowest BCUT2D eigenvalue weighted by molar-refractivity contribution is 0.483. The minimum absolute atomic E-state index is 0.216. The number of nitrogens with two attached hydrogens (primary N) is 1. The number of nitrogen functional groups attached to an aromatic ring is 1. The molecule has 4 nitrogen and oxygen atoms in total. The van der Waals surface area contributed by atoms with Crippen molar-refractivity contribution in [2.24, 2.45) is 0 Å². The van der Waals surface area contributed by atoms with Crippen LogP contribution in [0.2, 0.25) is 0 Å². The van der Waals surface area contributed by atoms with E-state index in [0.717, 1.165) is 6.07 Å². The Labute approximate surface area is 75.6 Å². The topological polar surface area (TPSA) is 80.4 Å². The molecule has 0 aliphatic carbocycles. The fraction of sp³-hybridized carbons (Fsp3) is 0. The number of benzene rings is 1. The molecule has 1 aromatic rings. The van der Waals surface area contributed by atoms with Crippen molar-refractivity contribution < 1.29 is 13.0 Å². The molecule has 6 heteroatoms. The van der Waals surface area contributed by atoms with Crippen molar-refractivity contribution in [3.8, 4) is 0 Å². The number of hydrogen-bond acceptors (Lipinski definition) is 4. The summed E-state index contributed by atoms with van der Waals surface area (Å²) in [6.07, 6.45) is 0. The van der Waals surface area contributed by atoms with Gasteiger partial charge in [-0.25, -0.2) is 0 Å². The maximum atomic E-state index is 10.6. The molecule has 1 rings (SSSR count). The molecule has 1 aromatic carbocycles. The third kappa shape index (κ3) is 1.90. The van der Waals surface area contributed by atoms with E-state index in [0.29, 0.717) is 4.90 Å². The van der Waals surface area contributed by atoms with Crippen LogP contribution in [0.3, 0.4) is 0 Å². The summed E-state index contributed by atoms with van der Waals surface area (Å²) >= 11 is 3.94. The molecular weight excluding hydrogens is 198 g/mol. The van der Waals surface area contributed by atoms with Gasteiger partial charge in [-0.1, -0.05) is 0 Å². The van der Waals surface area contributed by atoms with Crippen molar-refractivity contribution >= 4 is 28.4 Å². The van der Waals surface area contributed by atoms with Gasteiger partial charge in [0.15, 0.2) is 0 Å². The summed E-state index contributed by atoms with van der Waals surface area (Å²) < 4.78 is 29.7. The van der Waals surface area contributed by atoms with Gasteiger partial charge in [-0.2, -0.15) is 8.42 Å². The van der Waals surface area contributed by atoms with Gasteiger partial charge in [0.25, 0.3) is 10.1 Å². The van der Waals surface area contributed by atoms with Crippen LogP contribution in [0.15, 0.2) is 28.0 Å². The summed E-state index contributed by atoms with van der Waals surface area (Å²) in [4.78, 5) is 0.250. The van der Waals surface area contributed by atoms with E-state index in [1.807, 2.05) is 0 Å². The lowest BCUT2D eigenvalue weighted by atomic mass is 10.3. The number of anilines is 1. The molecule has 0 aliphatic heterocycles. The average molecular weight is 205 g/mol. The fourth-order valence-corrected chi connectivity index (χ4v) is 1.35. The van der Waals surface area contributed by atoms with E-state index < -0.39 is 10.1 Å². The quantitative estimate of drug-likeness (QED) is 0.360. The summed E-state index contributed by atoms with van der Waals surface area (Å²) in [5, 5.41) is 0. The molecule has 0 atom stereocenters. The average Bonchev–Trinajstić information content (AvgIpc) is 1.92. The Balaban J connectivity index is 3.33. The zero-order chi connectivity index (χ0) is 9.35. The van der Waals surface area contributed by atoms with Crippen LogP contribution in [0.25, 0.3) is 0 Å². The molecule has 0 heterocycles. The van der Waals surface area contributed by atoms with Gasteiger partial charge in [0.05, 0.1) is 4.90 Å². The second kappa shape index (κ2) is 2.96. The Hall–Kier alpha value is -0.720. The molecule has 0 aromatic heterocycles. The minimum Gasteiger partial charge on any atom is -0.398 e. The van der Waals surface area contributed by atoms with Crippen molar-refractivity contribution in [2.75, 3.05) is 5.73 Å². The normalized spacial score (nSPS) is 11.5. The Morgan fingerprint density at radius 3 is 2.42 bits per heavy atom. The summed E-state index contributed by atoms with van der Waals surface area (Å²) in [5.41, 5.74) is 5.58. The summed E-state index contributed by atoms with van der Waals surface area (Å²) in [6, 6.07) is 3.78. The molecule has 0 bridgehead atoms. The highest BCUT2D eigenvalue weighted by atomic mass is 32.2. The number of rotatable bonds is 1. The Morgan fingerprint density at radius 1 is 1.42 bits per heavy atom. The molecule has 12 heavy (non-hydrogen) atoms. The standard InChI is InChI=1S/C6H7NO3S2/c7-5-3-4(12(8,9)10)1-2-6(5)11/h1-3,11H,7H2,(H,8,9,10). The van der Waals surface area contributed by atoms with E-state index in [2.05, 4.69) is 12.6 Å². The second-order valence-electron chi connectivity index (χ2n) is 2.20.